The lowest BCUT2D eigenvalue weighted by molar-refractivity contribution is -0.124. The SMILES string of the molecule is Cc1ccnc([C@H]2C[C@@H]2C(=O)Nc2ncc(CO)c(NCc3cn4cc(C5CC5)cc(N5CC(=O)N(C)C5=O)c4n3)n2)n1. The summed E-state index contributed by atoms with van der Waals surface area (Å²) in [6, 6.07) is 3.40. The predicted octanol–water partition coefficient (Wildman–Crippen LogP) is 2.35. The van der Waals surface area contributed by atoms with E-state index in [2.05, 4.69) is 30.6 Å². The van der Waals surface area contributed by atoms with Gasteiger partial charge in [-0.2, -0.15) is 4.98 Å². The highest BCUT2D eigenvalue weighted by molar-refractivity contribution is 6.13. The first kappa shape index (κ1) is 26.9. The summed E-state index contributed by atoms with van der Waals surface area (Å²) in [7, 11) is 1.48. The Balaban J connectivity index is 1.09. The molecule has 1 aliphatic heterocycles. The fourth-order valence-corrected chi connectivity index (χ4v) is 5.39. The topological polar surface area (TPSA) is 171 Å². The van der Waals surface area contributed by atoms with E-state index in [1.54, 1.807) is 6.20 Å². The molecule has 220 valence electrons. The number of amides is 4. The number of urea groups is 1. The van der Waals surface area contributed by atoms with Crippen LogP contribution >= 0.6 is 0 Å². The van der Waals surface area contributed by atoms with Crippen LogP contribution in [0.25, 0.3) is 5.65 Å². The van der Waals surface area contributed by atoms with Crippen LogP contribution in [-0.4, -0.2) is 70.8 Å². The molecular formula is C29H30N10O4. The third kappa shape index (κ3) is 5.14. The van der Waals surface area contributed by atoms with Gasteiger partial charge in [-0.25, -0.2) is 24.7 Å². The number of aliphatic hydroxyl groups is 1. The number of likely N-dealkylation sites (N-methyl/N-ethyl adjacent to an activating group) is 1. The van der Waals surface area contributed by atoms with Gasteiger partial charge in [0.1, 0.15) is 18.2 Å². The number of rotatable bonds is 9. The van der Waals surface area contributed by atoms with E-state index in [1.165, 1.54) is 18.1 Å². The highest BCUT2D eigenvalue weighted by Crippen LogP contribution is 2.46. The zero-order valence-electron chi connectivity index (χ0n) is 23.7. The van der Waals surface area contributed by atoms with Crippen molar-refractivity contribution < 1.29 is 19.5 Å². The second kappa shape index (κ2) is 10.4. The van der Waals surface area contributed by atoms with Crippen LogP contribution in [0.4, 0.5) is 22.2 Å². The number of anilines is 3. The molecule has 14 nitrogen and oxygen atoms in total. The molecule has 43 heavy (non-hydrogen) atoms. The Morgan fingerprint density at radius 2 is 1.98 bits per heavy atom. The monoisotopic (exact) mass is 582 g/mol. The molecule has 14 heteroatoms. The Morgan fingerprint density at radius 3 is 2.70 bits per heavy atom. The van der Waals surface area contributed by atoms with Crippen LogP contribution < -0.4 is 15.5 Å². The number of nitrogens with one attached hydrogen (secondary N) is 2. The van der Waals surface area contributed by atoms with Crippen LogP contribution in [0, 0.1) is 12.8 Å². The molecule has 4 aromatic rings. The number of imide groups is 1. The van der Waals surface area contributed by atoms with Crippen molar-refractivity contribution in [1.82, 2.24) is 34.2 Å². The van der Waals surface area contributed by atoms with Gasteiger partial charge in [0.2, 0.25) is 17.8 Å². The van der Waals surface area contributed by atoms with E-state index in [0.29, 0.717) is 46.6 Å². The zero-order chi connectivity index (χ0) is 29.8. The van der Waals surface area contributed by atoms with Crippen LogP contribution in [0.5, 0.6) is 0 Å². The molecule has 4 aromatic heterocycles. The highest BCUT2D eigenvalue weighted by Gasteiger charge is 2.46. The lowest BCUT2D eigenvalue weighted by atomic mass is 10.1. The van der Waals surface area contributed by atoms with Crippen molar-refractivity contribution in [2.45, 2.75) is 51.2 Å². The second-order valence-corrected chi connectivity index (χ2v) is 11.3. The standard InChI is InChI=1S/C29H30N10O4/c1-15-5-6-30-25(33-15)20-8-21(20)27(42)36-28-32-9-18(14-40)24(35-28)31-10-19-12-38-11-17(16-3-4-16)7-22(26(38)34-19)39-13-23(41)37(2)29(39)43/h5-7,9,11-12,16,20-21,40H,3-4,8,10,13-14H2,1-2H3,(H2,31,32,35,36,42)/t20-,21-/m0/s1. The Bertz CT molecular complexity index is 1780. The fourth-order valence-electron chi connectivity index (χ4n) is 5.39. The number of hydrogen-bond acceptors (Lipinski definition) is 10. The Morgan fingerprint density at radius 1 is 1.14 bits per heavy atom. The lowest BCUT2D eigenvalue weighted by Crippen LogP contribution is -2.30. The summed E-state index contributed by atoms with van der Waals surface area (Å²) < 4.78 is 1.89. The number of aromatic nitrogens is 6. The lowest BCUT2D eigenvalue weighted by Gasteiger charge is -2.17. The maximum atomic E-state index is 12.9. The highest BCUT2D eigenvalue weighted by atomic mass is 16.3. The van der Waals surface area contributed by atoms with Crippen molar-refractivity contribution in [3.8, 4) is 0 Å². The van der Waals surface area contributed by atoms with Crippen LogP contribution in [0.2, 0.25) is 0 Å². The number of pyridine rings is 1. The maximum absolute atomic E-state index is 12.9. The van der Waals surface area contributed by atoms with Crippen LogP contribution in [0.3, 0.4) is 0 Å². The molecule has 5 heterocycles. The molecule has 3 N–H and O–H groups in total. The number of imidazole rings is 1. The average molecular weight is 583 g/mol. The maximum Gasteiger partial charge on any atom is 0.331 e. The van der Waals surface area contributed by atoms with E-state index in [0.717, 1.165) is 29.0 Å². The van der Waals surface area contributed by atoms with Crippen molar-refractivity contribution >= 4 is 40.9 Å². The quantitative estimate of drug-likeness (QED) is 0.249. The van der Waals surface area contributed by atoms with Crippen LogP contribution in [0.1, 0.15) is 59.4 Å². The van der Waals surface area contributed by atoms with Gasteiger partial charge in [0, 0.05) is 54.9 Å². The van der Waals surface area contributed by atoms with E-state index >= 15 is 0 Å². The number of aliphatic hydroxyl groups excluding tert-OH is 1. The largest absolute Gasteiger partial charge is 0.391 e. The second-order valence-electron chi connectivity index (χ2n) is 11.3. The first-order valence-corrected chi connectivity index (χ1v) is 14.2. The van der Waals surface area contributed by atoms with Gasteiger partial charge < -0.3 is 14.8 Å². The minimum Gasteiger partial charge on any atom is -0.391 e. The summed E-state index contributed by atoms with van der Waals surface area (Å²) >= 11 is 0. The molecule has 0 unspecified atom stereocenters. The molecule has 3 aliphatic rings. The first-order chi connectivity index (χ1) is 20.8. The number of fused-ring (bicyclic) bond motifs is 1. The Labute approximate surface area is 246 Å². The third-order valence-electron chi connectivity index (χ3n) is 8.11. The van der Waals surface area contributed by atoms with Crippen LogP contribution in [-0.2, 0) is 22.7 Å². The van der Waals surface area contributed by atoms with E-state index < -0.39 is 0 Å². The van der Waals surface area contributed by atoms with Crippen molar-refractivity contribution in [3.05, 3.63) is 65.3 Å². The summed E-state index contributed by atoms with van der Waals surface area (Å²) in [6.07, 6.45) is 9.87. The Kier molecular flexibility index (Phi) is 6.49. The average Bonchev–Trinajstić information content (AvgIpc) is 3.93. The van der Waals surface area contributed by atoms with Gasteiger partial charge in [-0.15, -0.1) is 0 Å². The van der Waals surface area contributed by atoms with Crippen LogP contribution in [0.15, 0.2) is 36.9 Å². The first-order valence-electron chi connectivity index (χ1n) is 14.2. The van der Waals surface area contributed by atoms with Gasteiger partial charge >= 0.3 is 6.03 Å². The van der Waals surface area contributed by atoms with Gasteiger partial charge in [-0.1, -0.05) is 0 Å². The predicted molar refractivity (Wildman–Crippen MR) is 154 cm³/mol. The van der Waals surface area contributed by atoms with Gasteiger partial charge in [0.05, 0.1) is 24.5 Å². The molecule has 2 atom stereocenters. The number of nitrogens with zero attached hydrogens (tertiary/aromatic N) is 8. The summed E-state index contributed by atoms with van der Waals surface area (Å²) in [6.45, 7) is 1.80. The number of carbonyl (C=O) groups is 3. The molecule has 0 bridgehead atoms. The van der Waals surface area contributed by atoms with E-state index in [4.69, 9.17) is 4.98 Å². The smallest absolute Gasteiger partial charge is 0.331 e. The summed E-state index contributed by atoms with van der Waals surface area (Å²) in [4.78, 5) is 62.7. The summed E-state index contributed by atoms with van der Waals surface area (Å²) in [5.74, 6) is 0.791. The van der Waals surface area contributed by atoms with Gasteiger partial charge in [0.25, 0.3) is 0 Å². The third-order valence-corrected chi connectivity index (χ3v) is 8.11. The molecule has 1 saturated heterocycles. The summed E-state index contributed by atoms with van der Waals surface area (Å²) in [5, 5.41) is 15.9. The molecule has 0 aromatic carbocycles. The van der Waals surface area contributed by atoms with Crippen molar-refractivity contribution in [3.63, 3.8) is 0 Å². The van der Waals surface area contributed by atoms with Gasteiger partial charge in [-0.3, -0.25) is 24.7 Å². The minimum absolute atomic E-state index is 0.0333. The molecule has 3 fully saturated rings. The van der Waals surface area contributed by atoms with Crippen molar-refractivity contribution in [2.75, 3.05) is 29.1 Å². The summed E-state index contributed by atoms with van der Waals surface area (Å²) in [5.41, 5.74) is 4.22. The van der Waals surface area contributed by atoms with E-state index in [-0.39, 0.29) is 55.3 Å². The number of aryl methyl sites for hydroxylation is 1. The van der Waals surface area contributed by atoms with Gasteiger partial charge in [-0.05, 0) is 49.8 Å². The molecular weight excluding hydrogens is 552 g/mol. The molecule has 4 amide bonds. The molecule has 0 spiro atoms. The zero-order valence-corrected chi connectivity index (χ0v) is 23.7. The normalized spacial score (nSPS) is 19.8. The fraction of sp³-hybridized carbons (Fsp3) is 0.379. The number of carbonyl (C=O) groups excluding carboxylic acids is 3. The molecule has 2 saturated carbocycles. The number of hydrogen-bond donors (Lipinski definition) is 3. The molecule has 0 radical (unpaired) electrons. The molecule has 2 aliphatic carbocycles. The van der Waals surface area contributed by atoms with Gasteiger partial charge in [0.15, 0.2) is 5.65 Å². The molecule has 7 rings (SSSR count). The van der Waals surface area contributed by atoms with Crippen molar-refractivity contribution in [2.24, 2.45) is 5.92 Å². The Hall–Kier alpha value is -4.98. The minimum atomic E-state index is -0.380. The van der Waals surface area contributed by atoms with E-state index in [1.807, 2.05) is 35.9 Å². The van der Waals surface area contributed by atoms with Crippen molar-refractivity contribution in [1.29, 1.82) is 0 Å². The van der Waals surface area contributed by atoms with E-state index in [9.17, 15) is 19.5 Å².